The smallest absolute Gasteiger partial charge is 0.261 e. The molecule has 0 saturated carbocycles. The minimum Gasteiger partial charge on any atom is -0.351 e. The third-order valence-corrected chi connectivity index (χ3v) is 5.57. The molecule has 0 atom stereocenters. The second kappa shape index (κ2) is 8.92. The Bertz CT molecular complexity index is 1170. The molecular weight excluding hydrogens is 396 g/mol. The number of hydrogen-bond donors (Lipinski definition) is 2. The van der Waals surface area contributed by atoms with Crippen molar-refractivity contribution >= 4 is 34.6 Å². The summed E-state index contributed by atoms with van der Waals surface area (Å²) in [7, 11) is 0. The van der Waals surface area contributed by atoms with Crippen molar-refractivity contribution in [2.75, 3.05) is 11.9 Å². The Balaban J connectivity index is 1.45. The van der Waals surface area contributed by atoms with E-state index in [1.165, 1.54) is 11.3 Å². The first-order chi connectivity index (χ1) is 14.6. The number of carbonyl (C=O) groups is 2. The number of anilines is 1. The topological polar surface area (TPSA) is 75.5 Å². The highest BCUT2D eigenvalue weighted by molar-refractivity contribution is 7.12. The number of imidazole rings is 1. The number of benzene rings is 1. The Morgan fingerprint density at radius 3 is 2.70 bits per heavy atom. The zero-order chi connectivity index (χ0) is 20.9. The molecule has 0 saturated heterocycles. The summed E-state index contributed by atoms with van der Waals surface area (Å²) >= 11 is 1.40. The minimum absolute atomic E-state index is 0.103. The molecule has 7 heteroatoms. The van der Waals surface area contributed by atoms with Crippen molar-refractivity contribution < 1.29 is 9.59 Å². The highest BCUT2D eigenvalue weighted by Crippen LogP contribution is 2.29. The Morgan fingerprint density at radius 2 is 1.93 bits per heavy atom. The first kappa shape index (κ1) is 19.8. The maximum absolute atomic E-state index is 12.6. The van der Waals surface area contributed by atoms with E-state index < -0.39 is 0 Å². The Hall–Kier alpha value is -3.45. The zero-order valence-corrected chi connectivity index (χ0v) is 17.4. The summed E-state index contributed by atoms with van der Waals surface area (Å²) < 4.78 is 1.89. The molecule has 2 N–H and O–H groups in total. The van der Waals surface area contributed by atoms with E-state index >= 15 is 0 Å². The van der Waals surface area contributed by atoms with Gasteiger partial charge < -0.3 is 10.6 Å². The first-order valence-electron chi connectivity index (χ1n) is 9.77. The van der Waals surface area contributed by atoms with Crippen LogP contribution in [0.3, 0.4) is 0 Å². The van der Waals surface area contributed by atoms with Crippen molar-refractivity contribution in [3.8, 4) is 11.3 Å². The van der Waals surface area contributed by atoms with Crippen LogP contribution in [0.4, 0.5) is 5.82 Å². The number of nitrogens with one attached hydrogen (secondary N) is 2. The maximum atomic E-state index is 12.6. The van der Waals surface area contributed by atoms with Crippen molar-refractivity contribution in [3.05, 3.63) is 76.6 Å². The lowest BCUT2D eigenvalue weighted by atomic mass is 10.1. The van der Waals surface area contributed by atoms with Gasteiger partial charge in [0.1, 0.15) is 17.2 Å². The van der Waals surface area contributed by atoms with Crippen LogP contribution in [-0.4, -0.2) is 27.7 Å². The van der Waals surface area contributed by atoms with Gasteiger partial charge >= 0.3 is 0 Å². The van der Waals surface area contributed by atoms with Crippen LogP contribution >= 0.6 is 11.3 Å². The summed E-state index contributed by atoms with van der Waals surface area (Å²) in [5, 5.41) is 7.73. The zero-order valence-electron chi connectivity index (χ0n) is 16.6. The number of thiophene rings is 1. The summed E-state index contributed by atoms with van der Waals surface area (Å²) in [5.74, 6) is 0.442. The number of pyridine rings is 1. The highest BCUT2D eigenvalue weighted by atomic mass is 32.1. The molecular formula is C23H22N4O2S. The molecule has 0 bridgehead atoms. The summed E-state index contributed by atoms with van der Waals surface area (Å²) in [6.07, 6.45) is 2.78. The lowest BCUT2D eigenvalue weighted by molar-refractivity contribution is -0.116. The molecule has 0 aliphatic rings. The largest absolute Gasteiger partial charge is 0.351 e. The number of rotatable bonds is 7. The molecule has 30 heavy (non-hydrogen) atoms. The quantitative estimate of drug-likeness (QED) is 0.433. The van der Waals surface area contributed by atoms with Gasteiger partial charge in [-0.05, 0) is 42.5 Å². The summed E-state index contributed by atoms with van der Waals surface area (Å²) in [4.78, 5) is 30.0. The molecule has 0 unspecified atom stereocenters. The van der Waals surface area contributed by atoms with Gasteiger partial charge in [-0.25, -0.2) is 4.98 Å². The van der Waals surface area contributed by atoms with Gasteiger partial charge in [-0.2, -0.15) is 0 Å². The summed E-state index contributed by atoms with van der Waals surface area (Å²) in [6, 6.07) is 17.4. The Morgan fingerprint density at radius 1 is 1.10 bits per heavy atom. The first-order valence-corrected chi connectivity index (χ1v) is 10.7. The third-order valence-electron chi connectivity index (χ3n) is 4.70. The van der Waals surface area contributed by atoms with Crippen molar-refractivity contribution in [1.82, 2.24) is 14.7 Å². The fourth-order valence-corrected chi connectivity index (χ4v) is 3.84. The average molecular weight is 419 g/mol. The van der Waals surface area contributed by atoms with Gasteiger partial charge in [-0.1, -0.05) is 36.4 Å². The Kier molecular flexibility index (Phi) is 5.90. The SMILES string of the molecule is Cc1ccn2c(NC(=O)CCCNC(=O)c3cccs3)c(-c3ccccc3)nc2c1. The number of aryl methyl sites for hydroxylation is 1. The van der Waals surface area contributed by atoms with Gasteiger partial charge in [-0.15, -0.1) is 11.3 Å². The van der Waals surface area contributed by atoms with Crippen molar-refractivity contribution in [2.24, 2.45) is 0 Å². The van der Waals surface area contributed by atoms with Crippen LogP contribution < -0.4 is 10.6 Å². The monoisotopic (exact) mass is 418 g/mol. The van der Waals surface area contributed by atoms with Gasteiger partial charge in [-0.3, -0.25) is 14.0 Å². The van der Waals surface area contributed by atoms with E-state index in [0.717, 1.165) is 22.5 Å². The van der Waals surface area contributed by atoms with Crippen LogP contribution in [0.2, 0.25) is 0 Å². The van der Waals surface area contributed by atoms with Crippen LogP contribution in [0.25, 0.3) is 16.9 Å². The number of fused-ring (bicyclic) bond motifs is 1. The van der Waals surface area contributed by atoms with Crippen LogP contribution in [0.5, 0.6) is 0 Å². The van der Waals surface area contributed by atoms with E-state index in [1.54, 1.807) is 6.07 Å². The lowest BCUT2D eigenvalue weighted by Gasteiger charge is -2.08. The molecule has 0 fully saturated rings. The van der Waals surface area contributed by atoms with E-state index in [2.05, 4.69) is 10.6 Å². The third kappa shape index (κ3) is 4.41. The number of carbonyl (C=O) groups excluding carboxylic acids is 2. The van der Waals surface area contributed by atoms with Gasteiger partial charge in [0.2, 0.25) is 5.91 Å². The van der Waals surface area contributed by atoms with Crippen LogP contribution in [0.1, 0.15) is 28.1 Å². The van der Waals surface area contributed by atoms with E-state index in [4.69, 9.17) is 4.98 Å². The molecule has 3 heterocycles. The van der Waals surface area contributed by atoms with Gasteiger partial charge in [0.15, 0.2) is 0 Å². The summed E-state index contributed by atoms with van der Waals surface area (Å²) in [5.41, 5.74) is 3.57. The van der Waals surface area contributed by atoms with Crippen LogP contribution in [0, 0.1) is 6.92 Å². The number of nitrogens with zero attached hydrogens (tertiary/aromatic N) is 2. The fourth-order valence-electron chi connectivity index (χ4n) is 3.20. The number of aromatic nitrogens is 2. The van der Waals surface area contributed by atoms with Crippen molar-refractivity contribution in [3.63, 3.8) is 0 Å². The van der Waals surface area contributed by atoms with Crippen molar-refractivity contribution in [2.45, 2.75) is 19.8 Å². The van der Waals surface area contributed by atoms with E-state index in [9.17, 15) is 9.59 Å². The minimum atomic E-state index is -0.111. The molecule has 1 aromatic carbocycles. The van der Waals surface area contributed by atoms with E-state index in [0.29, 0.717) is 30.1 Å². The predicted molar refractivity (Wildman–Crippen MR) is 120 cm³/mol. The van der Waals surface area contributed by atoms with Crippen molar-refractivity contribution in [1.29, 1.82) is 0 Å². The second-order valence-corrected chi connectivity index (χ2v) is 7.94. The lowest BCUT2D eigenvalue weighted by Crippen LogP contribution is -2.24. The Labute approximate surface area is 178 Å². The van der Waals surface area contributed by atoms with Gasteiger partial charge in [0.25, 0.3) is 5.91 Å². The molecule has 2 amide bonds. The van der Waals surface area contributed by atoms with Crippen LogP contribution in [0.15, 0.2) is 66.2 Å². The molecule has 0 spiro atoms. The highest BCUT2D eigenvalue weighted by Gasteiger charge is 2.16. The van der Waals surface area contributed by atoms with E-state index in [-0.39, 0.29) is 11.8 Å². The summed E-state index contributed by atoms with van der Waals surface area (Å²) in [6.45, 7) is 2.46. The fraction of sp³-hybridized carbons (Fsp3) is 0.174. The van der Waals surface area contributed by atoms with Gasteiger partial charge in [0, 0.05) is 24.7 Å². The molecule has 6 nitrogen and oxygen atoms in total. The molecule has 3 aromatic heterocycles. The number of amides is 2. The molecule has 4 aromatic rings. The maximum Gasteiger partial charge on any atom is 0.261 e. The molecule has 0 radical (unpaired) electrons. The van der Waals surface area contributed by atoms with Gasteiger partial charge in [0.05, 0.1) is 4.88 Å². The normalized spacial score (nSPS) is 10.8. The van der Waals surface area contributed by atoms with Crippen LogP contribution in [-0.2, 0) is 4.79 Å². The molecule has 0 aliphatic heterocycles. The number of hydrogen-bond acceptors (Lipinski definition) is 4. The standard InChI is InChI=1S/C23H22N4O2S/c1-16-11-13-27-19(15-16)25-21(17-7-3-2-4-8-17)22(27)26-20(28)10-5-12-24-23(29)18-9-6-14-30-18/h2-4,6-9,11,13-15H,5,10,12H2,1H3,(H,24,29)(H,26,28). The van der Waals surface area contributed by atoms with E-state index in [1.807, 2.05) is 71.4 Å². The molecule has 152 valence electrons. The molecule has 4 rings (SSSR count). The molecule has 0 aliphatic carbocycles. The second-order valence-electron chi connectivity index (χ2n) is 6.99. The average Bonchev–Trinajstić information content (AvgIpc) is 3.40. The predicted octanol–water partition coefficient (Wildman–Crippen LogP) is 4.52.